The zero-order chi connectivity index (χ0) is 12.0. The highest BCUT2D eigenvalue weighted by Crippen LogP contribution is 2.23. The Morgan fingerprint density at radius 1 is 1.19 bits per heavy atom. The van der Waals surface area contributed by atoms with E-state index in [4.69, 9.17) is 0 Å². The quantitative estimate of drug-likeness (QED) is 0.747. The van der Waals surface area contributed by atoms with Gasteiger partial charge in [-0.15, -0.1) is 11.8 Å². The van der Waals surface area contributed by atoms with E-state index in [9.17, 15) is 5.11 Å². The van der Waals surface area contributed by atoms with Crippen molar-refractivity contribution in [3.05, 3.63) is 29.8 Å². The van der Waals surface area contributed by atoms with Crippen LogP contribution in [0, 0.1) is 5.92 Å². The lowest BCUT2D eigenvalue weighted by Crippen LogP contribution is -1.94. The van der Waals surface area contributed by atoms with Crippen LogP contribution in [-0.4, -0.2) is 10.9 Å². The van der Waals surface area contributed by atoms with Gasteiger partial charge < -0.3 is 5.11 Å². The van der Waals surface area contributed by atoms with E-state index in [0.29, 0.717) is 0 Å². The van der Waals surface area contributed by atoms with E-state index in [1.807, 2.05) is 30.8 Å². The fourth-order valence-electron chi connectivity index (χ4n) is 1.43. The van der Waals surface area contributed by atoms with Crippen molar-refractivity contribution >= 4 is 11.8 Å². The van der Waals surface area contributed by atoms with Gasteiger partial charge in [0, 0.05) is 4.90 Å². The van der Waals surface area contributed by atoms with Gasteiger partial charge in [0.25, 0.3) is 0 Å². The summed E-state index contributed by atoms with van der Waals surface area (Å²) in [7, 11) is 0. The smallest absolute Gasteiger partial charge is 0.0787 e. The van der Waals surface area contributed by atoms with Crippen molar-refractivity contribution in [2.24, 2.45) is 5.92 Å². The van der Waals surface area contributed by atoms with Crippen LogP contribution in [0.3, 0.4) is 0 Å². The Balaban J connectivity index is 2.45. The molecule has 0 unspecified atom stereocenters. The summed E-state index contributed by atoms with van der Waals surface area (Å²) < 4.78 is 0. The van der Waals surface area contributed by atoms with Crippen LogP contribution in [0.5, 0.6) is 0 Å². The number of benzene rings is 1. The molecular weight excluding hydrogens is 216 g/mol. The summed E-state index contributed by atoms with van der Waals surface area (Å²) in [6.45, 7) is 6.50. The second kappa shape index (κ2) is 6.97. The lowest BCUT2D eigenvalue weighted by atomic mass is 10.1. The molecule has 1 rings (SSSR count). The molecule has 2 heteroatoms. The third-order valence-electron chi connectivity index (χ3n) is 2.62. The van der Waals surface area contributed by atoms with Crippen molar-refractivity contribution in [1.29, 1.82) is 0 Å². The molecule has 1 aromatic carbocycles. The number of aliphatic hydroxyl groups is 1. The first-order valence-corrected chi connectivity index (χ1v) is 7.02. The Hall–Kier alpha value is -0.470. The topological polar surface area (TPSA) is 20.2 Å². The van der Waals surface area contributed by atoms with E-state index in [2.05, 4.69) is 26.0 Å². The molecule has 0 saturated heterocycles. The molecule has 0 saturated carbocycles. The van der Waals surface area contributed by atoms with E-state index in [0.717, 1.165) is 17.9 Å². The first-order valence-electron chi connectivity index (χ1n) is 6.04. The van der Waals surface area contributed by atoms with Gasteiger partial charge in [-0.25, -0.2) is 0 Å². The zero-order valence-corrected chi connectivity index (χ0v) is 11.3. The molecule has 0 aliphatic rings. The second-order valence-corrected chi connectivity index (χ2v) is 5.69. The highest BCUT2D eigenvalue weighted by atomic mass is 32.2. The molecule has 0 aromatic heterocycles. The van der Waals surface area contributed by atoms with Gasteiger partial charge in [0.15, 0.2) is 0 Å². The third-order valence-corrected chi connectivity index (χ3v) is 3.66. The molecule has 1 nitrogen and oxygen atoms in total. The Kier molecular flexibility index (Phi) is 5.93. The number of hydrogen-bond donors (Lipinski definition) is 1. The third kappa shape index (κ3) is 4.58. The van der Waals surface area contributed by atoms with Crippen molar-refractivity contribution in [1.82, 2.24) is 0 Å². The first-order chi connectivity index (χ1) is 7.63. The average molecular weight is 238 g/mol. The van der Waals surface area contributed by atoms with Gasteiger partial charge >= 0.3 is 0 Å². The lowest BCUT2D eigenvalue weighted by Gasteiger charge is -2.09. The average Bonchev–Trinajstić information content (AvgIpc) is 2.28. The molecule has 0 spiro atoms. The second-order valence-electron chi connectivity index (χ2n) is 4.52. The molecule has 0 aliphatic carbocycles. The maximum Gasteiger partial charge on any atom is 0.0787 e. The molecule has 1 N–H and O–H groups in total. The molecule has 1 atom stereocenters. The van der Waals surface area contributed by atoms with Gasteiger partial charge in [0.05, 0.1) is 6.10 Å². The van der Waals surface area contributed by atoms with Crippen molar-refractivity contribution in [2.45, 2.75) is 44.6 Å². The summed E-state index contributed by atoms with van der Waals surface area (Å²) in [4.78, 5) is 1.30. The standard InChI is InChI=1S/C14H22OS/c1-4-14(15)12-5-7-13(8-6-12)16-10-9-11(2)3/h5-8,11,14-15H,4,9-10H2,1-3H3/t14-/m1/s1. The van der Waals surface area contributed by atoms with Crippen LogP contribution in [0.15, 0.2) is 29.2 Å². The summed E-state index contributed by atoms with van der Waals surface area (Å²) in [5, 5.41) is 9.66. The summed E-state index contributed by atoms with van der Waals surface area (Å²) in [5.74, 6) is 1.95. The molecule has 0 bridgehead atoms. The van der Waals surface area contributed by atoms with E-state index < -0.39 is 0 Å². The largest absolute Gasteiger partial charge is 0.388 e. The Morgan fingerprint density at radius 3 is 2.31 bits per heavy atom. The minimum absolute atomic E-state index is 0.310. The molecule has 0 fully saturated rings. The maximum absolute atomic E-state index is 9.66. The van der Waals surface area contributed by atoms with Crippen molar-refractivity contribution < 1.29 is 5.11 Å². The lowest BCUT2D eigenvalue weighted by molar-refractivity contribution is 0.173. The highest BCUT2D eigenvalue weighted by Gasteiger charge is 2.04. The van der Waals surface area contributed by atoms with Gasteiger partial charge in [-0.05, 0) is 42.2 Å². The summed E-state index contributed by atoms with van der Waals surface area (Å²) in [6, 6.07) is 8.29. The van der Waals surface area contributed by atoms with Gasteiger partial charge in [-0.3, -0.25) is 0 Å². The van der Waals surface area contributed by atoms with Crippen molar-refractivity contribution in [2.75, 3.05) is 5.75 Å². The van der Waals surface area contributed by atoms with Crippen LogP contribution < -0.4 is 0 Å². The SMILES string of the molecule is CC[C@@H](O)c1ccc(SCCC(C)C)cc1. The zero-order valence-electron chi connectivity index (χ0n) is 10.4. The summed E-state index contributed by atoms with van der Waals surface area (Å²) in [5.41, 5.74) is 1.02. The van der Waals surface area contributed by atoms with Gasteiger partial charge in [0.1, 0.15) is 0 Å². The van der Waals surface area contributed by atoms with Gasteiger partial charge in [-0.2, -0.15) is 0 Å². The Morgan fingerprint density at radius 2 is 1.81 bits per heavy atom. The monoisotopic (exact) mass is 238 g/mol. The fourth-order valence-corrected chi connectivity index (χ4v) is 2.59. The van der Waals surface area contributed by atoms with Gasteiger partial charge in [0.2, 0.25) is 0 Å². The predicted molar refractivity (Wildman–Crippen MR) is 71.9 cm³/mol. The van der Waals surface area contributed by atoms with Crippen LogP contribution in [0.1, 0.15) is 45.3 Å². The van der Waals surface area contributed by atoms with Crippen molar-refractivity contribution in [3.63, 3.8) is 0 Å². The van der Waals surface area contributed by atoms with Gasteiger partial charge in [-0.1, -0.05) is 32.9 Å². The Bertz CT molecular complexity index is 292. The van der Waals surface area contributed by atoms with E-state index in [1.54, 1.807) is 0 Å². The van der Waals surface area contributed by atoms with Crippen LogP contribution in [0.4, 0.5) is 0 Å². The molecule has 1 aromatic rings. The van der Waals surface area contributed by atoms with E-state index in [1.165, 1.54) is 17.1 Å². The van der Waals surface area contributed by atoms with E-state index in [-0.39, 0.29) is 6.10 Å². The Labute approximate surface area is 103 Å². The number of thioether (sulfide) groups is 1. The minimum atomic E-state index is -0.310. The van der Waals surface area contributed by atoms with Crippen LogP contribution >= 0.6 is 11.8 Å². The van der Waals surface area contributed by atoms with Crippen molar-refractivity contribution in [3.8, 4) is 0 Å². The molecule has 16 heavy (non-hydrogen) atoms. The van der Waals surface area contributed by atoms with Crippen LogP contribution in [0.2, 0.25) is 0 Å². The molecule has 90 valence electrons. The van der Waals surface area contributed by atoms with Crippen LogP contribution in [-0.2, 0) is 0 Å². The molecule has 0 heterocycles. The summed E-state index contributed by atoms with van der Waals surface area (Å²) >= 11 is 1.90. The molecule has 0 radical (unpaired) electrons. The minimum Gasteiger partial charge on any atom is -0.388 e. The van der Waals surface area contributed by atoms with Crippen LogP contribution in [0.25, 0.3) is 0 Å². The fraction of sp³-hybridized carbons (Fsp3) is 0.571. The molecule has 0 aliphatic heterocycles. The molecule has 0 amide bonds. The maximum atomic E-state index is 9.66. The number of rotatable bonds is 6. The highest BCUT2D eigenvalue weighted by molar-refractivity contribution is 7.99. The number of aliphatic hydroxyl groups excluding tert-OH is 1. The first kappa shape index (κ1) is 13.6. The summed E-state index contributed by atoms with van der Waals surface area (Å²) in [6.07, 6.45) is 1.72. The predicted octanol–water partition coefficient (Wildman–Crippen LogP) is 4.27. The number of hydrogen-bond acceptors (Lipinski definition) is 2. The normalized spacial score (nSPS) is 13.1. The molecular formula is C14H22OS. The van der Waals surface area contributed by atoms with E-state index >= 15 is 0 Å².